The van der Waals surface area contributed by atoms with E-state index in [0.717, 1.165) is 6.07 Å². The zero-order valence-corrected chi connectivity index (χ0v) is 15.4. The number of sulfonamides is 1. The maximum atomic E-state index is 12.6. The summed E-state index contributed by atoms with van der Waals surface area (Å²) in [5, 5.41) is 9.31. The van der Waals surface area contributed by atoms with E-state index in [9.17, 15) is 18.3 Å². The summed E-state index contributed by atoms with van der Waals surface area (Å²) in [6, 6.07) is 6.28. The molecule has 0 aliphatic carbocycles. The summed E-state index contributed by atoms with van der Waals surface area (Å²) in [7, 11) is -1.57. The first-order chi connectivity index (χ1) is 11.7. The number of benzene rings is 2. The Morgan fingerprint density at radius 2 is 1.80 bits per heavy atom. The van der Waals surface area contributed by atoms with E-state index in [0.29, 0.717) is 0 Å². The van der Waals surface area contributed by atoms with E-state index in [4.69, 9.17) is 32.7 Å². The molecule has 2 rings (SSSR count). The number of hydrogen-bond acceptors (Lipinski definition) is 5. The number of carbonyl (C=O) groups is 1. The molecular weight excluding hydrogens is 393 g/mol. The molecule has 0 aliphatic heterocycles. The lowest BCUT2D eigenvalue weighted by Crippen LogP contribution is -2.15. The Bertz CT molecular complexity index is 930. The van der Waals surface area contributed by atoms with Crippen LogP contribution in [0.4, 0.5) is 5.69 Å². The highest BCUT2D eigenvalue weighted by Crippen LogP contribution is 2.38. The molecule has 134 valence electrons. The van der Waals surface area contributed by atoms with Crippen molar-refractivity contribution in [3.8, 4) is 11.5 Å². The third-order valence-electron chi connectivity index (χ3n) is 3.15. The summed E-state index contributed by atoms with van der Waals surface area (Å²) >= 11 is 11.8. The Morgan fingerprint density at radius 1 is 1.12 bits per heavy atom. The molecule has 0 unspecified atom stereocenters. The summed E-state index contributed by atoms with van der Waals surface area (Å²) in [5.41, 5.74) is -0.303. The Morgan fingerprint density at radius 3 is 2.36 bits per heavy atom. The summed E-state index contributed by atoms with van der Waals surface area (Å²) in [4.78, 5) is 11.0. The third kappa shape index (κ3) is 4.09. The van der Waals surface area contributed by atoms with Crippen molar-refractivity contribution in [3.05, 3.63) is 45.9 Å². The number of ether oxygens (including phenoxy) is 2. The molecular formula is C15H13Cl2NO6S. The van der Waals surface area contributed by atoms with E-state index >= 15 is 0 Å². The standard InChI is InChI=1S/C15H13Cl2NO6S/c1-23-12-6-8(15(19)20)5-11(14(12)24-2)18-25(21,22)13-7-9(16)3-4-10(13)17/h3-7,18H,1-2H3,(H,19,20). The number of carboxylic acid groups (broad SMARTS) is 1. The van der Waals surface area contributed by atoms with Crippen LogP contribution >= 0.6 is 23.2 Å². The molecule has 25 heavy (non-hydrogen) atoms. The van der Waals surface area contributed by atoms with Gasteiger partial charge in [0.05, 0.1) is 30.5 Å². The van der Waals surface area contributed by atoms with Gasteiger partial charge in [-0.2, -0.15) is 0 Å². The maximum Gasteiger partial charge on any atom is 0.335 e. The molecule has 0 aliphatic rings. The first-order valence-electron chi connectivity index (χ1n) is 6.66. The zero-order chi connectivity index (χ0) is 18.8. The van der Waals surface area contributed by atoms with Crippen molar-refractivity contribution < 1.29 is 27.8 Å². The lowest BCUT2D eigenvalue weighted by molar-refractivity contribution is 0.0696. The van der Waals surface area contributed by atoms with Crippen molar-refractivity contribution in [3.63, 3.8) is 0 Å². The van der Waals surface area contributed by atoms with E-state index in [-0.39, 0.29) is 37.7 Å². The van der Waals surface area contributed by atoms with Gasteiger partial charge in [0.1, 0.15) is 4.90 Å². The Hall–Kier alpha value is -2.16. The summed E-state index contributed by atoms with van der Waals surface area (Å²) in [6.45, 7) is 0. The number of hydrogen-bond donors (Lipinski definition) is 2. The molecule has 0 spiro atoms. The largest absolute Gasteiger partial charge is 0.493 e. The smallest absolute Gasteiger partial charge is 0.335 e. The predicted molar refractivity (Wildman–Crippen MR) is 93.8 cm³/mol. The molecule has 7 nitrogen and oxygen atoms in total. The average molecular weight is 406 g/mol. The van der Waals surface area contributed by atoms with Crippen LogP contribution in [0.3, 0.4) is 0 Å². The van der Waals surface area contributed by atoms with Crippen LogP contribution in [0, 0.1) is 0 Å². The SMILES string of the molecule is COc1cc(C(=O)O)cc(NS(=O)(=O)c2cc(Cl)ccc2Cl)c1OC. The number of methoxy groups -OCH3 is 2. The summed E-state index contributed by atoms with van der Waals surface area (Å²) in [5.74, 6) is -1.19. The van der Waals surface area contributed by atoms with Crippen molar-refractivity contribution in [2.75, 3.05) is 18.9 Å². The van der Waals surface area contributed by atoms with Crippen molar-refractivity contribution in [1.82, 2.24) is 0 Å². The number of aromatic carboxylic acids is 1. The Kier molecular flexibility index (Phi) is 5.66. The van der Waals surface area contributed by atoms with Crippen LogP contribution in [0.5, 0.6) is 11.5 Å². The second-order valence-electron chi connectivity index (χ2n) is 4.74. The van der Waals surface area contributed by atoms with Crippen molar-refractivity contribution in [2.45, 2.75) is 4.90 Å². The molecule has 10 heteroatoms. The van der Waals surface area contributed by atoms with Crippen LogP contribution < -0.4 is 14.2 Å². The second-order valence-corrected chi connectivity index (χ2v) is 7.24. The van der Waals surface area contributed by atoms with Crippen molar-refractivity contribution >= 4 is 44.9 Å². The van der Waals surface area contributed by atoms with Crippen LogP contribution in [0.1, 0.15) is 10.4 Å². The molecule has 2 aromatic carbocycles. The molecule has 2 aromatic rings. The molecule has 0 fully saturated rings. The normalized spacial score (nSPS) is 11.0. The molecule has 0 saturated heterocycles. The zero-order valence-electron chi connectivity index (χ0n) is 13.0. The number of carboxylic acids is 1. The number of halogens is 2. The molecule has 0 aromatic heterocycles. The molecule has 0 heterocycles. The van der Waals surface area contributed by atoms with Gasteiger partial charge in [0.15, 0.2) is 11.5 Å². The van der Waals surface area contributed by atoms with Gasteiger partial charge in [-0.15, -0.1) is 0 Å². The molecule has 0 bridgehead atoms. The minimum atomic E-state index is -4.16. The van der Waals surface area contributed by atoms with Gasteiger partial charge in [0.2, 0.25) is 0 Å². The lowest BCUT2D eigenvalue weighted by atomic mass is 10.1. The maximum absolute atomic E-state index is 12.6. The van der Waals surface area contributed by atoms with Gasteiger partial charge in [-0.1, -0.05) is 23.2 Å². The van der Waals surface area contributed by atoms with Gasteiger partial charge in [-0.3, -0.25) is 4.72 Å². The van der Waals surface area contributed by atoms with Gasteiger partial charge in [0, 0.05) is 5.02 Å². The lowest BCUT2D eigenvalue weighted by Gasteiger charge is -2.16. The quantitative estimate of drug-likeness (QED) is 0.761. The van der Waals surface area contributed by atoms with Crippen LogP contribution in [-0.2, 0) is 10.0 Å². The molecule has 0 radical (unpaired) electrons. The van der Waals surface area contributed by atoms with Crippen LogP contribution in [0.2, 0.25) is 10.0 Å². The number of nitrogens with one attached hydrogen (secondary N) is 1. The average Bonchev–Trinajstić information content (AvgIpc) is 2.55. The van der Waals surface area contributed by atoms with E-state index in [2.05, 4.69) is 4.72 Å². The summed E-state index contributed by atoms with van der Waals surface area (Å²) in [6.07, 6.45) is 0. The van der Waals surface area contributed by atoms with Gasteiger partial charge in [-0.25, -0.2) is 13.2 Å². The van der Waals surface area contributed by atoms with E-state index in [1.165, 1.54) is 38.5 Å². The highest BCUT2D eigenvalue weighted by molar-refractivity contribution is 7.92. The molecule has 0 amide bonds. The van der Waals surface area contributed by atoms with Crippen LogP contribution in [0.25, 0.3) is 0 Å². The molecule has 2 N–H and O–H groups in total. The van der Waals surface area contributed by atoms with Gasteiger partial charge in [-0.05, 0) is 30.3 Å². The first kappa shape index (κ1) is 19.2. The Balaban J connectivity index is 2.60. The second kappa shape index (κ2) is 7.38. The molecule has 0 atom stereocenters. The first-order valence-corrected chi connectivity index (χ1v) is 8.90. The van der Waals surface area contributed by atoms with Crippen molar-refractivity contribution in [2.24, 2.45) is 0 Å². The fourth-order valence-electron chi connectivity index (χ4n) is 2.05. The number of rotatable bonds is 6. The van der Waals surface area contributed by atoms with Crippen molar-refractivity contribution in [1.29, 1.82) is 0 Å². The fraction of sp³-hybridized carbons (Fsp3) is 0.133. The van der Waals surface area contributed by atoms with E-state index in [1.807, 2.05) is 0 Å². The van der Waals surface area contributed by atoms with Crippen LogP contribution in [-0.4, -0.2) is 33.7 Å². The van der Waals surface area contributed by atoms with Gasteiger partial charge < -0.3 is 14.6 Å². The minimum Gasteiger partial charge on any atom is -0.493 e. The van der Waals surface area contributed by atoms with Crippen LogP contribution in [0.15, 0.2) is 35.2 Å². The number of anilines is 1. The predicted octanol–water partition coefficient (Wildman–Crippen LogP) is 3.51. The van der Waals surface area contributed by atoms with Gasteiger partial charge in [0.25, 0.3) is 10.0 Å². The highest BCUT2D eigenvalue weighted by atomic mass is 35.5. The van der Waals surface area contributed by atoms with E-state index in [1.54, 1.807) is 0 Å². The van der Waals surface area contributed by atoms with E-state index < -0.39 is 16.0 Å². The summed E-state index contributed by atoms with van der Waals surface area (Å²) < 4.78 is 37.7. The minimum absolute atomic E-state index is 0.0224. The molecule has 0 saturated carbocycles. The Labute approximate surface area is 154 Å². The third-order valence-corrected chi connectivity index (χ3v) is 5.24. The topological polar surface area (TPSA) is 102 Å². The van der Waals surface area contributed by atoms with Gasteiger partial charge >= 0.3 is 5.97 Å². The fourth-order valence-corrected chi connectivity index (χ4v) is 3.86. The monoisotopic (exact) mass is 405 g/mol. The highest BCUT2D eigenvalue weighted by Gasteiger charge is 2.23.